The standard InChI is InChI=1S/C20H21FN4/c1-15-4-2-3-5-17(15)14-24-20-23-13-11-19(25-20)22-12-10-16-6-8-18(21)9-7-16/h2-9,11,13H,10,12,14H2,1H3,(H2,22,23,24,25). The highest BCUT2D eigenvalue weighted by atomic mass is 19.1. The Morgan fingerprint density at radius 1 is 0.960 bits per heavy atom. The van der Waals surface area contributed by atoms with Gasteiger partial charge in [-0.2, -0.15) is 4.98 Å². The third-order valence-corrected chi connectivity index (χ3v) is 3.99. The van der Waals surface area contributed by atoms with Crippen LogP contribution in [0.3, 0.4) is 0 Å². The van der Waals surface area contributed by atoms with Crippen LogP contribution in [0.5, 0.6) is 0 Å². The van der Waals surface area contributed by atoms with Crippen molar-refractivity contribution in [1.29, 1.82) is 0 Å². The van der Waals surface area contributed by atoms with E-state index in [-0.39, 0.29) is 5.82 Å². The molecule has 0 amide bonds. The van der Waals surface area contributed by atoms with E-state index >= 15 is 0 Å². The van der Waals surface area contributed by atoms with Gasteiger partial charge in [0.1, 0.15) is 11.6 Å². The second kappa shape index (κ2) is 8.24. The maximum absolute atomic E-state index is 12.9. The number of benzene rings is 2. The van der Waals surface area contributed by atoms with Crippen molar-refractivity contribution in [2.45, 2.75) is 19.9 Å². The summed E-state index contributed by atoms with van der Waals surface area (Å²) in [6.07, 6.45) is 2.53. The predicted octanol–water partition coefficient (Wildman–Crippen LogP) is 4.19. The minimum absolute atomic E-state index is 0.211. The van der Waals surface area contributed by atoms with Crippen LogP contribution in [-0.2, 0) is 13.0 Å². The molecule has 0 atom stereocenters. The van der Waals surface area contributed by atoms with Gasteiger partial charge in [-0.1, -0.05) is 36.4 Å². The van der Waals surface area contributed by atoms with Crippen molar-refractivity contribution in [3.8, 4) is 0 Å². The Hall–Kier alpha value is -2.95. The molecule has 25 heavy (non-hydrogen) atoms. The van der Waals surface area contributed by atoms with E-state index in [0.29, 0.717) is 12.5 Å². The summed E-state index contributed by atoms with van der Waals surface area (Å²) in [7, 11) is 0. The van der Waals surface area contributed by atoms with E-state index in [4.69, 9.17) is 0 Å². The SMILES string of the molecule is Cc1ccccc1CNc1nccc(NCCc2ccc(F)cc2)n1. The first kappa shape index (κ1) is 16.9. The van der Waals surface area contributed by atoms with E-state index in [2.05, 4.69) is 39.7 Å². The highest BCUT2D eigenvalue weighted by Gasteiger charge is 2.01. The topological polar surface area (TPSA) is 49.8 Å². The van der Waals surface area contributed by atoms with Crippen molar-refractivity contribution in [3.63, 3.8) is 0 Å². The Bertz CT molecular complexity index is 818. The average Bonchev–Trinajstić information content (AvgIpc) is 2.63. The maximum Gasteiger partial charge on any atom is 0.224 e. The third-order valence-electron chi connectivity index (χ3n) is 3.99. The highest BCUT2D eigenvalue weighted by Crippen LogP contribution is 2.11. The Kier molecular flexibility index (Phi) is 5.57. The van der Waals surface area contributed by atoms with Crippen LogP contribution in [0.15, 0.2) is 60.8 Å². The fourth-order valence-electron chi connectivity index (χ4n) is 2.51. The molecule has 0 radical (unpaired) electrons. The van der Waals surface area contributed by atoms with Gasteiger partial charge in [0, 0.05) is 19.3 Å². The van der Waals surface area contributed by atoms with Crippen LogP contribution in [-0.4, -0.2) is 16.5 Å². The number of halogens is 1. The fourth-order valence-corrected chi connectivity index (χ4v) is 2.51. The first-order valence-electron chi connectivity index (χ1n) is 8.30. The molecule has 0 aliphatic rings. The molecule has 2 N–H and O–H groups in total. The van der Waals surface area contributed by atoms with Gasteiger partial charge in [0.25, 0.3) is 0 Å². The van der Waals surface area contributed by atoms with E-state index in [1.807, 2.05) is 18.2 Å². The molecule has 0 spiro atoms. The molecule has 0 aliphatic heterocycles. The maximum atomic E-state index is 12.9. The number of anilines is 2. The molecule has 128 valence electrons. The number of aromatic nitrogens is 2. The summed E-state index contributed by atoms with van der Waals surface area (Å²) in [5, 5.41) is 6.53. The molecule has 1 heterocycles. The summed E-state index contributed by atoms with van der Waals surface area (Å²) in [6.45, 7) is 3.50. The van der Waals surface area contributed by atoms with Crippen LogP contribution in [0.2, 0.25) is 0 Å². The lowest BCUT2D eigenvalue weighted by Crippen LogP contribution is -2.09. The predicted molar refractivity (Wildman–Crippen MR) is 99.1 cm³/mol. The molecule has 0 saturated heterocycles. The number of hydrogen-bond acceptors (Lipinski definition) is 4. The zero-order valence-electron chi connectivity index (χ0n) is 14.2. The molecule has 0 saturated carbocycles. The number of rotatable bonds is 7. The van der Waals surface area contributed by atoms with Crippen LogP contribution in [0.25, 0.3) is 0 Å². The molecular formula is C20H21FN4. The van der Waals surface area contributed by atoms with Crippen LogP contribution in [0.1, 0.15) is 16.7 Å². The van der Waals surface area contributed by atoms with E-state index in [1.165, 1.54) is 23.3 Å². The Balaban J connectivity index is 1.52. The fraction of sp³-hybridized carbons (Fsp3) is 0.200. The van der Waals surface area contributed by atoms with E-state index in [1.54, 1.807) is 18.3 Å². The largest absolute Gasteiger partial charge is 0.370 e. The van der Waals surface area contributed by atoms with Gasteiger partial charge in [-0.3, -0.25) is 0 Å². The smallest absolute Gasteiger partial charge is 0.224 e. The van der Waals surface area contributed by atoms with Crippen LogP contribution in [0.4, 0.5) is 16.2 Å². The van der Waals surface area contributed by atoms with Gasteiger partial charge in [0.15, 0.2) is 0 Å². The first-order chi connectivity index (χ1) is 12.2. The number of nitrogens with zero attached hydrogens (tertiary/aromatic N) is 2. The molecule has 1 aromatic heterocycles. The Morgan fingerprint density at radius 3 is 2.56 bits per heavy atom. The van der Waals surface area contributed by atoms with Crippen molar-refractivity contribution in [1.82, 2.24) is 9.97 Å². The lowest BCUT2D eigenvalue weighted by atomic mass is 10.1. The van der Waals surface area contributed by atoms with Gasteiger partial charge >= 0.3 is 0 Å². The van der Waals surface area contributed by atoms with Crippen LogP contribution < -0.4 is 10.6 Å². The van der Waals surface area contributed by atoms with Crippen molar-refractivity contribution < 1.29 is 4.39 Å². The zero-order valence-corrected chi connectivity index (χ0v) is 14.2. The summed E-state index contributed by atoms with van der Waals surface area (Å²) >= 11 is 0. The minimum Gasteiger partial charge on any atom is -0.370 e. The van der Waals surface area contributed by atoms with Gasteiger partial charge in [0.05, 0.1) is 0 Å². The normalized spacial score (nSPS) is 10.5. The highest BCUT2D eigenvalue weighted by molar-refractivity contribution is 5.40. The molecule has 4 nitrogen and oxygen atoms in total. The Labute approximate surface area is 147 Å². The molecule has 0 bridgehead atoms. The quantitative estimate of drug-likeness (QED) is 0.679. The summed E-state index contributed by atoms with van der Waals surface area (Å²) < 4.78 is 12.9. The monoisotopic (exact) mass is 336 g/mol. The molecule has 0 aliphatic carbocycles. The van der Waals surface area contributed by atoms with Crippen LogP contribution in [0, 0.1) is 12.7 Å². The average molecular weight is 336 g/mol. The molecule has 3 aromatic rings. The van der Waals surface area contributed by atoms with E-state index < -0.39 is 0 Å². The molecular weight excluding hydrogens is 315 g/mol. The molecule has 3 rings (SSSR count). The zero-order chi connectivity index (χ0) is 17.5. The van der Waals surface area contributed by atoms with Gasteiger partial charge in [-0.25, -0.2) is 9.37 Å². The van der Waals surface area contributed by atoms with Crippen LogP contribution >= 0.6 is 0 Å². The van der Waals surface area contributed by atoms with Gasteiger partial charge in [-0.05, 0) is 48.2 Å². The van der Waals surface area contributed by atoms with Crippen molar-refractivity contribution in [3.05, 3.63) is 83.3 Å². The molecule has 0 unspecified atom stereocenters. The summed E-state index contributed by atoms with van der Waals surface area (Å²) in [4.78, 5) is 8.73. The second-order valence-corrected chi connectivity index (χ2v) is 5.85. The number of nitrogens with one attached hydrogen (secondary N) is 2. The summed E-state index contributed by atoms with van der Waals surface area (Å²) in [5.41, 5.74) is 3.55. The molecule has 0 fully saturated rings. The lowest BCUT2D eigenvalue weighted by Gasteiger charge is -2.10. The van der Waals surface area contributed by atoms with E-state index in [9.17, 15) is 4.39 Å². The molecule has 5 heteroatoms. The lowest BCUT2D eigenvalue weighted by molar-refractivity contribution is 0.627. The Morgan fingerprint density at radius 2 is 1.76 bits per heavy atom. The van der Waals surface area contributed by atoms with Crippen molar-refractivity contribution in [2.24, 2.45) is 0 Å². The van der Waals surface area contributed by atoms with Crippen molar-refractivity contribution >= 4 is 11.8 Å². The minimum atomic E-state index is -0.211. The number of hydrogen-bond donors (Lipinski definition) is 2. The first-order valence-corrected chi connectivity index (χ1v) is 8.30. The second-order valence-electron chi connectivity index (χ2n) is 5.85. The van der Waals surface area contributed by atoms with Gasteiger partial charge in [-0.15, -0.1) is 0 Å². The number of aryl methyl sites for hydroxylation is 1. The molecule has 2 aromatic carbocycles. The van der Waals surface area contributed by atoms with E-state index in [0.717, 1.165) is 24.3 Å². The van der Waals surface area contributed by atoms with Gasteiger partial charge < -0.3 is 10.6 Å². The summed E-state index contributed by atoms with van der Waals surface area (Å²) in [5.74, 6) is 1.15. The summed E-state index contributed by atoms with van der Waals surface area (Å²) in [6, 6.07) is 16.6. The van der Waals surface area contributed by atoms with Crippen molar-refractivity contribution in [2.75, 3.05) is 17.2 Å². The third kappa shape index (κ3) is 5.01. The van der Waals surface area contributed by atoms with Gasteiger partial charge in [0.2, 0.25) is 5.95 Å².